The molecule has 1 heterocycles. The van der Waals surface area contributed by atoms with Crippen molar-refractivity contribution < 1.29 is 36.6 Å². The molecule has 3 aromatic carbocycles. The predicted molar refractivity (Wildman–Crippen MR) is 180 cm³/mol. The van der Waals surface area contributed by atoms with Crippen LogP contribution in [0.15, 0.2) is 54.6 Å². The van der Waals surface area contributed by atoms with Gasteiger partial charge in [-0.25, -0.2) is 22.0 Å². The number of hydrogen-bond donors (Lipinski definition) is 2. The lowest BCUT2D eigenvalue weighted by molar-refractivity contribution is 0.0555. The quantitative estimate of drug-likeness (QED) is 0.176. The standard InChI is InChI=1S/C33H34ClF2N3O6S2/c1-38(33(41)42)23-9-11-24(12-10-23)39(32(40)31-29(34)28-25(35)13-14-26(36)30(28)46-31)17-21-16-20(6-15-27(21)45-2)19-4-7-22(8-5-19)37-18-47(3,43)44/h4-8,13-16,23-24,37H,9-12,17-18H2,1-3H3,(H,41,42). The van der Waals surface area contributed by atoms with Gasteiger partial charge in [-0.2, -0.15) is 0 Å². The van der Waals surface area contributed by atoms with E-state index in [0.717, 1.165) is 40.9 Å². The smallest absolute Gasteiger partial charge is 0.407 e. The van der Waals surface area contributed by atoms with Crippen LogP contribution in [-0.2, 0) is 16.4 Å². The molecule has 0 spiro atoms. The minimum Gasteiger partial charge on any atom is -0.496 e. The van der Waals surface area contributed by atoms with Gasteiger partial charge in [-0.3, -0.25) is 4.79 Å². The van der Waals surface area contributed by atoms with E-state index in [4.69, 9.17) is 16.3 Å². The highest BCUT2D eigenvalue weighted by Crippen LogP contribution is 2.41. The van der Waals surface area contributed by atoms with E-state index in [1.807, 2.05) is 24.3 Å². The van der Waals surface area contributed by atoms with Gasteiger partial charge in [-0.1, -0.05) is 29.8 Å². The van der Waals surface area contributed by atoms with Crippen molar-refractivity contribution in [3.8, 4) is 16.9 Å². The molecule has 1 saturated carbocycles. The number of carboxylic acid groups (broad SMARTS) is 1. The normalized spacial score (nSPS) is 16.6. The minimum atomic E-state index is -3.20. The van der Waals surface area contributed by atoms with E-state index < -0.39 is 33.5 Å². The Labute approximate surface area is 280 Å². The van der Waals surface area contributed by atoms with Crippen LogP contribution in [0.3, 0.4) is 0 Å². The molecule has 14 heteroatoms. The van der Waals surface area contributed by atoms with Gasteiger partial charge in [0.25, 0.3) is 5.91 Å². The second-order valence-electron chi connectivity index (χ2n) is 11.6. The summed E-state index contributed by atoms with van der Waals surface area (Å²) in [5.74, 6) is -1.56. The highest BCUT2D eigenvalue weighted by Gasteiger charge is 2.35. The fourth-order valence-electron chi connectivity index (χ4n) is 5.91. The van der Waals surface area contributed by atoms with Gasteiger partial charge in [-0.15, -0.1) is 11.3 Å². The first-order chi connectivity index (χ1) is 22.3. The monoisotopic (exact) mass is 705 g/mol. The Morgan fingerprint density at radius 3 is 2.21 bits per heavy atom. The summed E-state index contributed by atoms with van der Waals surface area (Å²) in [6.07, 6.45) is 2.18. The van der Waals surface area contributed by atoms with Gasteiger partial charge >= 0.3 is 6.09 Å². The van der Waals surface area contributed by atoms with Crippen molar-refractivity contribution in [2.24, 2.45) is 0 Å². The Morgan fingerprint density at radius 1 is 1.00 bits per heavy atom. The number of hydrogen-bond acceptors (Lipinski definition) is 7. The zero-order valence-electron chi connectivity index (χ0n) is 25.9. The lowest BCUT2D eigenvalue weighted by atomic mass is 9.89. The molecule has 4 aromatic rings. The van der Waals surface area contributed by atoms with E-state index in [0.29, 0.717) is 42.7 Å². The molecule has 0 saturated heterocycles. The summed E-state index contributed by atoms with van der Waals surface area (Å²) in [5.41, 5.74) is 2.98. The molecular weight excluding hydrogens is 672 g/mol. The third-order valence-corrected chi connectivity index (χ3v) is 10.8. The van der Waals surface area contributed by atoms with Crippen molar-refractivity contribution in [2.45, 2.75) is 44.3 Å². The highest BCUT2D eigenvalue weighted by molar-refractivity contribution is 7.90. The zero-order valence-corrected chi connectivity index (χ0v) is 28.3. The van der Waals surface area contributed by atoms with Crippen molar-refractivity contribution >= 4 is 60.5 Å². The van der Waals surface area contributed by atoms with Crippen molar-refractivity contribution in [2.75, 3.05) is 31.6 Å². The summed E-state index contributed by atoms with van der Waals surface area (Å²) in [6, 6.07) is 14.3. The first-order valence-electron chi connectivity index (χ1n) is 14.8. The molecule has 47 heavy (non-hydrogen) atoms. The molecular formula is C33H34ClF2N3O6S2. The number of carbonyl (C=O) groups is 2. The van der Waals surface area contributed by atoms with Gasteiger partial charge in [0.2, 0.25) is 0 Å². The molecule has 0 bridgehead atoms. The summed E-state index contributed by atoms with van der Waals surface area (Å²) in [6.45, 7) is 0.0868. The fourth-order valence-corrected chi connectivity index (χ4v) is 7.84. The molecule has 1 fully saturated rings. The predicted octanol–water partition coefficient (Wildman–Crippen LogP) is 7.49. The molecule has 1 aliphatic carbocycles. The van der Waals surface area contributed by atoms with Crippen LogP contribution < -0.4 is 10.1 Å². The number of halogens is 3. The average molecular weight is 706 g/mol. The largest absolute Gasteiger partial charge is 0.496 e. The Hall–Kier alpha value is -3.94. The zero-order chi connectivity index (χ0) is 34.0. The Kier molecular flexibility index (Phi) is 10.3. The maximum Gasteiger partial charge on any atom is 0.407 e. The van der Waals surface area contributed by atoms with Crippen molar-refractivity contribution in [1.82, 2.24) is 9.80 Å². The number of amides is 2. The number of carbonyl (C=O) groups excluding carboxylic acids is 1. The molecule has 250 valence electrons. The van der Waals surface area contributed by atoms with Crippen LogP contribution >= 0.6 is 22.9 Å². The topological polar surface area (TPSA) is 116 Å². The number of rotatable bonds is 10. The van der Waals surface area contributed by atoms with Crippen molar-refractivity contribution in [3.05, 3.63) is 81.7 Å². The van der Waals surface area contributed by atoms with Gasteiger partial charge < -0.3 is 25.0 Å². The second kappa shape index (κ2) is 14.0. The van der Waals surface area contributed by atoms with Crippen LogP contribution in [0.2, 0.25) is 5.02 Å². The molecule has 9 nitrogen and oxygen atoms in total. The number of anilines is 1. The van der Waals surface area contributed by atoms with Crippen molar-refractivity contribution in [1.29, 1.82) is 0 Å². The lowest BCUT2D eigenvalue weighted by Gasteiger charge is -2.39. The van der Waals surface area contributed by atoms with Crippen LogP contribution in [-0.4, -0.2) is 73.7 Å². The van der Waals surface area contributed by atoms with E-state index in [1.54, 1.807) is 23.1 Å². The molecule has 5 rings (SSSR count). The molecule has 2 N–H and O–H groups in total. The number of sulfone groups is 1. The van der Waals surface area contributed by atoms with E-state index in [9.17, 15) is 31.9 Å². The number of fused-ring (bicyclic) bond motifs is 1. The number of methoxy groups -OCH3 is 1. The van der Waals surface area contributed by atoms with Crippen LogP contribution in [0.4, 0.5) is 19.3 Å². The molecule has 2 amide bonds. The Bertz CT molecular complexity index is 1910. The third kappa shape index (κ3) is 7.63. The highest BCUT2D eigenvalue weighted by atomic mass is 35.5. The Morgan fingerprint density at radius 2 is 1.62 bits per heavy atom. The van der Waals surface area contributed by atoms with Crippen LogP contribution in [0.5, 0.6) is 5.75 Å². The Balaban J connectivity index is 1.49. The maximum atomic E-state index is 14.7. The summed E-state index contributed by atoms with van der Waals surface area (Å²) < 4.78 is 58.1. The van der Waals surface area contributed by atoms with Crippen LogP contribution in [0.25, 0.3) is 21.2 Å². The second-order valence-corrected chi connectivity index (χ2v) is 15.2. The maximum absolute atomic E-state index is 14.7. The molecule has 1 aromatic heterocycles. The van der Waals surface area contributed by atoms with Gasteiger partial charge in [0.15, 0.2) is 9.84 Å². The molecule has 0 aliphatic heterocycles. The summed E-state index contributed by atoms with van der Waals surface area (Å²) >= 11 is 7.36. The van der Waals surface area contributed by atoms with Gasteiger partial charge in [0.05, 0.1) is 22.2 Å². The first kappa shape index (κ1) is 34.4. The number of nitrogens with one attached hydrogen (secondary N) is 1. The van der Waals surface area contributed by atoms with Crippen molar-refractivity contribution in [3.63, 3.8) is 0 Å². The molecule has 0 unspecified atom stereocenters. The van der Waals surface area contributed by atoms with Gasteiger partial charge in [0, 0.05) is 43.2 Å². The van der Waals surface area contributed by atoms with Gasteiger partial charge in [-0.05, 0) is 73.2 Å². The van der Waals surface area contributed by atoms with E-state index in [2.05, 4.69) is 5.32 Å². The number of thiophene rings is 1. The van der Waals surface area contributed by atoms with E-state index in [1.165, 1.54) is 19.1 Å². The minimum absolute atomic E-state index is 0.0164. The first-order valence-corrected chi connectivity index (χ1v) is 18.0. The van der Waals surface area contributed by atoms with Crippen LogP contribution in [0.1, 0.15) is 40.9 Å². The SMILES string of the molecule is COc1ccc(-c2ccc(NCS(C)(=O)=O)cc2)cc1CN(C(=O)c1sc2c(F)ccc(F)c2c1Cl)C1CCC(N(C)C(=O)O)CC1. The third-order valence-electron chi connectivity index (χ3n) is 8.47. The number of ether oxygens (including phenoxy) is 1. The lowest BCUT2D eigenvalue weighted by Crippen LogP contribution is -2.46. The van der Waals surface area contributed by atoms with Gasteiger partial charge in [0.1, 0.15) is 28.1 Å². The average Bonchev–Trinajstić information content (AvgIpc) is 3.41. The summed E-state index contributed by atoms with van der Waals surface area (Å²) in [4.78, 5) is 28.8. The fraction of sp³-hybridized carbons (Fsp3) is 0.333. The number of benzene rings is 3. The summed E-state index contributed by atoms with van der Waals surface area (Å²) in [7, 11) is -0.152. The van der Waals surface area contributed by atoms with E-state index in [-0.39, 0.29) is 44.5 Å². The molecule has 1 aliphatic rings. The van der Waals surface area contributed by atoms with Crippen LogP contribution in [0, 0.1) is 11.6 Å². The van der Waals surface area contributed by atoms with E-state index >= 15 is 0 Å². The molecule has 0 radical (unpaired) electrons. The summed E-state index contributed by atoms with van der Waals surface area (Å²) in [5, 5.41) is 12.1. The number of nitrogens with zero attached hydrogens (tertiary/aromatic N) is 2. The molecule has 0 atom stereocenters.